The molecule has 0 saturated carbocycles. The summed E-state index contributed by atoms with van der Waals surface area (Å²) >= 11 is 1.83. The summed E-state index contributed by atoms with van der Waals surface area (Å²) in [5.41, 5.74) is 0. The Hall–Kier alpha value is -0.340. The minimum atomic E-state index is 0.644. The highest BCUT2D eigenvalue weighted by atomic mass is 32.1. The fourth-order valence-electron chi connectivity index (χ4n) is 1.62. The lowest BCUT2D eigenvalue weighted by Gasteiger charge is -2.13. The Morgan fingerprint density at radius 3 is 2.67 bits per heavy atom. The van der Waals surface area contributed by atoms with Crippen molar-refractivity contribution in [2.45, 2.75) is 52.6 Å². The molecule has 0 fully saturated rings. The molecule has 1 nitrogen and oxygen atoms in total. The molecule has 2 heteroatoms. The van der Waals surface area contributed by atoms with Gasteiger partial charge < -0.3 is 5.32 Å². The number of thiophene rings is 1. The lowest BCUT2D eigenvalue weighted by molar-refractivity contribution is 0.458. The Kier molecular flexibility index (Phi) is 5.96. The molecule has 1 aromatic heterocycles. The molecule has 0 aromatic carbocycles. The van der Waals surface area contributed by atoms with Gasteiger partial charge in [0, 0.05) is 17.5 Å². The van der Waals surface area contributed by atoms with Crippen molar-refractivity contribution in [3.8, 4) is 0 Å². The van der Waals surface area contributed by atoms with Crippen LogP contribution in [0.4, 0.5) is 0 Å². The highest BCUT2D eigenvalue weighted by Crippen LogP contribution is 2.10. The molecular weight excluding hydrogens is 202 g/mol. The molecule has 0 radical (unpaired) electrons. The molecule has 1 rings (SSSR count). The molecule has 0 saturated heterocycles. The van der Waals surface area contributed by atoms with Crippen LogP contribution < -0.4 is 5.32 Å². The minimum Gasteiger partial charge on any atom is -0.309 e. The summed E-state index contributed by atoms with van der Waals surface area (Å²) in [5, 5.41) is 5.71. The van der Waals surface area contributed by atoms with Crippen LogP contribution in [0.5, 0.6) is 0 Å². The van der Waals surface area contributed by atoms with Crippen molar-refractivity contribution in [3.05, 3.63) is 22.4 Å². The summed E-state index contributed by atoms with van der Waals surface area (Å²) in [6.45, 7) is 7.90. The van der Waals surface area contributed by atoms with E-state index in [-0.39, 0.29) is 0 Å². The van der Waals surface area contributed by atoms with Crippen LogP contribution >= 0.6 is 11.3 Å². The zero-order valence-corrected chi connectivity index (χ0v) is 10.9. The van der Waals surface area contributed by atoms with E-state index in [1.54, 1.807) is 0 Å². The minimum absolute atomic E-state index is 0.644. The molecule has 1 N–H and O–H groups in total. The molecule has 86 valence electrons. The monoisotopic (exact) mass is 225 g/mol. The first-order valence-electron chi connectivity index (χ1n) is 5.94. The second kappa shape index (κ2) is 7.02. The molecule has 15 heavy (non-hydrogen) atoms. The topological polar surface area (TPSA) is 12.0 Å². The van der Waals surface area contributed by atoms with Gasteiger partial charge in [0.05, 0.1) is 0 Å². The van der Waals surface area contributed by atoms with E-state index >= 15 is 0 Å². The van der Waals surface area contributed by atoms with Crippen molar-refractivity contribution < 1.29 is 0 Å². The fraction of sp³-hybridized carbons (Fsp3) is 0.692. The van der Waals surface area contributed by atoms with Crippen LogP contribution in [0.2, 0.25) is 0 Å². The van der Waals surface area contributed by atoms with Gasteiger partial charge in [-0.25, -0.2) is 0 Å². The van der Waals surface area contributed by atoms with Crippen LogP contribution in [-0.2, 0) is 6.54 Å². The first-order valence-corrected chi connectivity index (χ1v) is 6.82. The van der Waals surface area contributed by atoms with Crippen LogP contribution in [0.3, 0.4) is 0 Å². The number of hydrogen-bond donors (Lipinski definition) is 1. The van der Waals surface area contributed by atoms with Crippen LogP contribution in [0.15, 0.2) is 17.5 Å². The van der Waals surface area contributed by atoms with E-state index in [0.717, 1.165) is 12.5 Å². The quantitative estimate of drug-likeness (QED) is 0.738. The van der Waals surface area contributed by atoms with E-state index in [0.29, 0.717) is 6.04 Å². The zero-order valence-electron chi connectivity index (χ0n) is 10.1. The molecule has 0 aliphatic heterocycles. The van der Waals surface area contributed by atoms with Crippen LogP contribution in [0.1, 0.15) is 44.9 Å². The Morgan fingerprint density at radius 1 is 1.27 bits per heavy atom. The maximum atomic E-state index is 3.57. The summed E-state index contributed by atoms with van der Waals surface area (Å²) in [4.78, 5) is 1.44. The predicted molar refractivity (Wildman–Crippen MR) is 69.3 cm³/mol. The third-order valence-electron chi connectivity index (χ3n) is 2.62. The van der Waals surface area contributed by atoms with E-state index in [1.807, 2.05) is 11.3 Å². The number of hydrogen-bond acceptors (Lipinski definition) is 2. The summed E-state index contributed by atoms with van der Waals surface area (Å²) in [5.74, 6) is 0.842. The summed E-state index contributed by atoms with van der Waals surface area (Å²) in [6.07, 6.45) is 3.99. The van der Waals surface area contributed by atoms with E-state index < -0.39 is 0 Å². The first-order chi connectivity index (χ1) is 7.18. The average Bonchev–Trinajstić information content (AvgIpc) is 2.66. The lowest BCUT2D eigenvalue weighted by Crippen LogP contribution is -2.24. The van der Waals surface area contributed by atoms with Crippen LogP contribution in [0.25, 0.3) is 0 Å². The van der Waals surface area contributed by atoms with Gasteiger partial charge in [-0.15, -0.1) is 11.3 Å². The second-order valence-corrected chi connectivity index (χ2v) is 5.72. The SMILES string of the molecule is CC(C)CCC[C@@H](C)NCc1cccs1. The molecule has 1 heterocycles. The van der Waals surface area contributed by atoms with E-state index in [2.05, 4.69) is 43.6 Å². The molecule has 0 amide bonds. The highest BCUT2D eigenvalue weighted by molar-refractivity contribution is 7.09. The van der Waals surface area contributed by atoms with Gasteiger partial charge in [0.15, 0.2) is 0 Å². The van der Waals surface area contributed by atoms with Crippen molar-refractivity contribution >= 4 is 11.3 Å². The van der Waals surface area contributed by atoms with Gasteiger partial charge in [-0.3, -0.25) is 0 Å². The molecule has 1 aromatic rings. The standard InChI is InChI=1S/C13H23NS/c1-11(2)6-4-7-12(3)14-10-13-8-5-9-15-13/h5,8-9,11-12,14H,4,6-7,10H2,1-3H3/t12-/m1/s1. The molecule has 0 aliphatic rings. The molecular formula is C13H23NS. The Labute approximate surface area is 97.9 Å². The van der Waals surface area contributed by atoms with Gasteiger partial charge in [0.25, 0.3) is 0 Å². The van der Waals surface area contributed by atoms with Gasteiger partial charge in [-0.2, -0.15) is 0 Å². The summed E-state index contributed by atoms with van der Waals surface area (Å²) in [7, 11) is 0. The van der Waals surface area contributed by atoms with Crippen molar-refractivity contribution in [3.63, 3.8) is 0 Å². The van der Waals surface area contributed by atoms with E-state index in [1.165, 1.54) is 24.1 Å². The second-order valence-electron chi connectivity index (χ2n) is 4.69. The highest BCUT2D eigenvalue weighted by Gasteiger charge is 2.02. The maximum Gasteiger partial charge on any atom is 0.0302 e. The van der Waals surface area contributed by atoms with Crippen LogP contribution in [-0.4, -0.2) is 6.04 Å². The van der Waals surface area contributed by atoms with Crippen molar-refractivity contribution in [2.75, 3.05) is 0 Å². The van der Waals surface area contributed by atoms with Crippen molar-refractivity contribution in [1.29, 1.82) is 0 Å². The van der Waals surface area contributed by atoms with Crippen LogP contribution in [0, 0.1) is 5.92 Å². The van der Waals surface area contributed by atoms with E-state index in [4.69, 9.17) is 0 Å². The molecule has 0 aliphatic carbocycles. The Bertz CT molecular complexity index is 241. The molecule has 0 bridgehead atoms. The lowest BCUT2D eigenvalue weighted by atomic mass is 10.0. The maximum absolute atomic E-state index is 3.57. The summed E-state index contributed by atoms with van der Waals surface area (Å²) in [6, 6.07) is 4.95. The third-order valence-corrected chi connectivity index (χ3v) is 3.50. The van der Waals surface area contributed by atoms with Gasteiger partial charge >= 0.3 is 0 Å². The number of nitrogens with one attached hydrogen (secondary N) is 1. The van der Waals surface area contributed by atoms with Gasteiger partial charge in [-0.1, -0.05) is 32.8 Å². The van der Waals surface area contributed by atoms with Crippen molar-refractivity contribution in [1.82, 2.24) is 5.32 Å². The molecule has 0 unspecified atom stereocenters. The fourth-order valence-corrected chi connectivity index (χ4v) is 2.28. The zero-order chi connectivity index (χ0) is 11.1. The largest absolute Gasteiger partial charge is 0.309 e. The number of rotatable bonds is 7. The smallest absolute Gasteiger partial charge is 0.0302 e. The van der Waals surface area contributed by atoms with Crippen molar-refractivity contribution in [2.24, 2.45) is 5.92 Å². The molecule has 0 spiro atoms. The third kappa shape index (κ3) is 5.95. The first kappa shape index (κ1) is 12.7. The average molecular weight is 225 g/mol. The van der Waals surface area contributed by atoms with Gasteiger partial charge in [0.2, 0.25) is 0 Å². The Morgan fingerprint density at radius 2 is 2.07 bits per heavy atom. The van der Waals surface area contributed by atoms with Gasteiger partial charge in [-0.05, 0) is 30.7 Å². The molecule has 1 atom stereocenters. The van der Waals surface area contributed by atoms with Gasteiger partial charge in [0.1, 0.15) is 0 Å². The summed E-state index contributed by atoms with van der Waals surface area (Å²) < 4.78 is 0. The predicted octanol–water partition coefficient (Wildman–Crippen LogP) is 4.05. The van der Waals surface area contributed by atoms with E-state index in [9.17, 15) is 0 Å². The Balaban J connectivity index is 2.06. The normalized spacial score (nSPS) is 13.3.